The van der Waals surface area contributed by atoms with Crippen molar-refractivity contribution in [2.75, 3.05) is 19.2 Å². The van der Waals surface area contributed by atoms with Crippen molar-refractivity contribution < 1.29 is 14.2 Å². The molecule has 3 atom stereocenters. The molecule has 5 rings (SSSR count). The Hall–Kier alpha value is -2.62. The van der Waals surface area contributed by atoms with Gasteiger partial charge in [0.1, 0.15) is 5.75 Å². The highest BCUT2D eigenvalue weighted by Crippen LogP contribution is 2.51. The molecule has 2 heterocycles. The molecule has 2 aromatic carbocycles. The minimum Gasteiger partial charge on any atom is -0.497 e. The van der Waals surface area contributed by atoms with Gasteiger partial charge in [-0.25, -0.2) is 0 Å². The maximum Gasteiger partial charge on any atom is 0.231 e. The Labute approximate surface area is 141 Å². The number of hydrogen-bond donors (Lipinski definition) is 1. The van der Waals surface area contributed by atoms with Crippen LogP contribution in [0.15, 0.2) is 48.6 Å². The van der Waals surface area contributed by atoms with Crippen LogP contribution in [0.2, 0.25) is 0 Å². The summed E-state index contributed by atoms with van der Waals surface area (Å²) in [6.45, 7) is 0.313. The second-order valence-corrected chi connectivity index (χ2v) is 6.54. The second kappa shape index (κ2) is 5.20. The maximum absolute atomic E-state index is 5.56. The Morgan fingerprint density at radius 1 is 1.08 bits per heavy atom. The fourth-order valence-electron chi connectivity index (χ4n) is 4.14. The quantitative estimate of drug-likeness (QED) is 0.839. The van der Waals surface area contributed by atoms with Crippen molar-refractivity contribution in [1.82, 2.24) is 0 Å². The molecule has 2 aliphatic heterocycles. The van der Waals surface area contributed by atoms with Gasteiger partial charge in [-0.3, -0.25) is 0 Å². The van der Waals surface area contributed by atoms with Gasteiger partial charge in [-0.15, -0.1) is 0 Å². The van der Waals surface area contributed by atoms with Crippen molar-refractivity contribution in [3.05, 3.63) is 59.7 Å². The summed E-state index contributed by atoms with van der Waals surface area (Å²) in [5.74, 6) is 3.52. The van der Waals surface area contributed by atoms with Gasteiger partial charge in [-0.05, 0) is 53.8 Å². The Balaban J connectivity index is 1.56. The van der Waals surface area contributed by atoms with Gasteiger partial charge in [-0.2, -0.15) is 0 Å². The predicted octanol–water partition coefficient (Wildman–Crippen LogP) is 4.25. The highest BCUT2D eigenvalue weighted by Gasteiger charge is 2.38. The van der Waals surface area contributed by atoms with Crippen LogP contribution in [0.25, 0.3) is 0 Å². The zero-order valence-corrected chi connectivity index (χ0v) is 13.5. The summed E-state index contributed by atoms with van der Waals surface area (Å²) in [6.07, 6.45) is 5.71. The molecule has 3 aliphatic rings. The van der Waals surface area contributed by atoms with Crippen molar-refractivity contribution in [2.45, 2.75) is 18.4 Å². The number of hydrogen-bond acceptors (Lipinski definition) is 4. The van der Waals surface area contributed by atoms with E-state index in [2.05, 4.69) is 41.7 Å². The maximum atomic E-state index is 5.56. The van der Waals surface area contributed by atoms with E-state index in [1.807, 2.05) is 12.1 Å². The summed E-state index contributed by atoms with van der Waals surface area (Å²) in [4.78, 5) is 0. The molecule has 122 valence electrons. The van der Waals surface area contributed by atoms with Gasteiger partial charge in [0, 0.05) is 11.6 Å². The molecule has 0 radical (unpaired) electrons. The van der Waals surface area contributed by atoms with Crippen LogP contribution in [0, 0.1) is 5.92 Å². The van der Waals surface area contributed by atoms with E-state index in [4.69, 9.17) is 14.2 Å². The smallest absolute Gasteiger partial charge is 0.231 e. The summed E-state index contributed by atoms with van der Waals surface area (Å²) in [6, 6.07) is 12.8. The number of rotatable bonds is 2. The number of anilines is 1. The normalized spacial score (nSPS) is 25.8. The first kappa shape index (κ1) is 13.8. The van der Waals surface area contributed by atoms with E-state index in [9.17, 15) is 0 Å². The summed E-state index contributed by atoms with van der Waals surface area (Å²) in [5, 5.41) is 3.74. The average Bonchev–Trinajstić information content (AvgIpc) is 3.29. The Morgan fingerprint density at radius 2 is 2.00 bits per heavy atom. The van der Waals surface area contributed by atoms with Crippen LogP contribution in [0.1, 0.15) is 29.5 Å². The van der Waals surface area contributed by atoms with Gasteiger partial charge in [0.05, 0.1) is 13.2 Å². The zero-order valence-electron chi connectivity index (χ0n) is 13.5. The summed E-state index contributed by atoms with van der Waals surface area (Å²) < 4.78 is 16.4. The molecule has 0 unspecified atom stereocenters. The van der Waals surface area contributed by atoms with Crippen LogP contribution in [0.5, 0.6) is 17.2 Å². The summed E-state index contributed by atoms with van der Waals surface area (Å²) >= 11 is 0. The lowest BCUT2D eigenvalue weighted by molar-refractivity contribution is 0.174. The molecular formula is C20H19NO3. The molecule has 1 aliphatic carbocycles. The van der Waals surface area contributed by atoms with Gasteiger partial charge in [-0.1, -0.05) is 18.2 Å². The number of allylic oxidation sites excluding steroid dienone is 2. The largest absolute Gasteiger partial charge is 0.497 e. The molecule has 0 fully saturated rings. The molecule has 0 amide bonds. The van der Waals surface area contributed by atoms with E-state index < -0.39 is 0 Å². The molecule has 0 spiro atoms. The highest BCUT2D eigenvalue weighted by molar-refractivity contribution is 5.62. The minimum atomic E-state index is 0.264. The standard InChI is InChI=1S/C20H19NO3/c1-22-13-6-7-17-16(10-13)14-3-2-4-15(14)20(21-17)12-5-8-18-19(9-12)24-11-23-18/h2-3,5-10,14-15,20-21H,4,11H2,1H3/t14-,15+,20+/m1/s1. The van der Waals surface area contributed by atoms with Crippen molar-refractivity contribution in [1.29, 1.82) is 0 Å². The Kier molecular flexibility index (Phi) is 2.98. The van der Waals surface area contributed by atoms with Crippen LogP contribution in [-0.4, -0.2) is 13.9 Å². The first-order valence-corrected chi connectivity index (χ1v) is 8.34. The molecule has 0 aromatic heterocycles. The summed E-state index contributed by atoms with van der Waals surface area (Å²) in [5.41, 5.74) is 3.76. The third kappa shape index (κ3) is 1.99. The van der Waals surface area contributed by atoms with E-state index in [0.717, 1.165) is 23.7 Å². The summed E-state index contributed by atoms with van der Waals surface area (Å²) in [7, 11) is 1.72. The number of ether oxygens (including phenoxy) is 3. The number of methoxy groups -OCH3 is 1. The van der Waals surface area contributed by atoms with Crippen LogP contribution < -0.4 is 19.5 Å². The third-order valence-corrected chi connectivity index (χ3v) is 5.33. The van der Waals surface area contributed by atoms with E-state index in [1.54, 1.807) is 7.11 Å². The van der Waals surface area contributed by atoms with E-state index >= 15 is 0 Å². The first-order valence-electron chi connectivity index (χ1n) is 8.34. The van der Waals surface area contributed by atoms with Gasteiger partial charge in [0.15, 0.2) is 11.5 Å². The topological polar surface area (TPSA) is 39.7 Å². The number of nitrogens with one attached hydrogen (secondary N) is 1. The molecule has 24 heavy (non-hydrogen) atoms. The molecule has 0 saturated carbocycles. The van der Waals surface area contributed by atoms with Crippen LogP contribution in [-0.2, 0) is 0 Å². The first-order chi connectivity index (χ1) is 11.8. The van der Waals surface area contributed by atoms with E-state index in [1.165, 1.54) is 16.8 Å². The van der Waals surface area contributed by atoms with E-state index in [0.29, 0.717) is 18.6 Å². The highest BCUT2D eigenvalue weighted by atomic mass is 16.7. The second-order valence-electron chi connectivity index (χ2n) is 6.54. The van der Waals surface area contributed by atoms with Gasteiger partial charge in [0.2, 0.25) is 6.79 Å². The van der Waals surface area contributed by atoms with Crippen LogP contribution in [0.4, 0.5) is 5.69 Å². The average molecular weight is 321 g/mol. The molecule has 4 heteroatoms. The number of fused-ring (bicyclic) bond motifs is 4. The van der Waals surface area contributed by atoms with Crippen LogP contribution >= 0.6 is 0 Å². The zero-order chi connectivity index (χ0) is 16.1. The third-order valence-electron chi connectivity index (χ3n) is 5.33. The van der Waals surface area contributed by atoms with Crippen molar-refractivity contribution >= 4 is 5.69 Å². The van der Waals surface area contributed by atoms with E-state index in [-0.39, 0.29) is 6.04 Å². The Morgan fingerprint density at radius 3 is 2.92 bits per heavy atom. The SMILES string of the molecule is COc1ccc2c(c1)[C@@H]1C=CC[C@@H]1[C@H](c1ccc3c(c1)OCO3)N2. The molecule has 0 bridgehead atoms. The monoisotopic (exact) mass is 321 g/mol. The van der Waals surface area contributed by atoms with Crippen molar-refractivity contribution in [3.8, 4) is 17.2 Å². The lowest BCUT2D eigenvalue weighted by atomic mass is 9.77. The van der Waals surface area contributed by atoms with Gasteiger partial charge in [0.25, 0.3) is 0 Å². The molecule has 1 N–H and O–H groups in total. The minimum absolute atomic E-state index is 0.264. The van der Waals surface area contributed by atoms with Crippen LogP contribution in [0.3, 0.4) is 0 Å². The van der Waals surface area contributed by atoms with Gasteiger partial charge >= 0.3 is 0 Å². The molecule has 0 saturated heterocycles. The molecule has 2 aromatic rings. The lowest BCUT2D eigenvalue weighted by Crippen LogP contribution is -2.29. The van der Waals surface area contributed by atoms with Gasteiger partial charge < -0.3 is 19.5 Å². The lowest BCUT2D eigenvalue weighted by Gasteiger charge is -2.37. The number of benzene rings is 2. The van der Waals surface area contributed by atoms with Crippen molar-refractivity contribution in [3.63, 3.8) is 0 Å². The Bertz CT molecular complexity index is 830. The molecule has 4 nitrogen and oxygen atoms in total. The van der Waals surface area contributed by atoms with Crippen molar-refractivity contribution in [2.24, 2.45) is 5.92 Å². The fraction of sp³-hybridized carbons (Fsp3) is 0.300. The predicted molar refractivity (Wildman–Crippen MR) is 91.9 cm³/mol. The molecular weight excluding hydrogens is 302 g/mol. The fourth-order valence-corrected chi connectivity index (χ4v) is 4.14.